The maximum Gasteiger partial charge on any atom is 0.243 e. The summed E-state index contributed by atoms with van der Waals surface area (Å²) in [5.74, 6) is 0. The molecule has 2 aromatic carbocycles. The maximum absolute atomic E-state index is 13.1. The smallest absolute Gasteiger partial charge is 0.243 e. The summed E-state index contributed by atoms with van der Waals surface area (Å²) < 4.78 is 27.8. The number of thiocarbonyl (C=S) groups is 1. The van der Waals surface area contributed by atoms with Crippen LogP contribution in [0.1, 0.15) is 38.7 Å². The second-order valence-electron chi connectivity index (χ2n) is 7.60. The van der Waals surface area contributed by atoms with Gasteiger partial charge < -0.3 is 10.6 Å². The average Bonchev–Trinajstić information content (AvgIpc) is 2.69. The van der Waals surface area contributed by atoms with E-state index in [9.17, 15) is 8.42 Å². The minimum atomic E-state index is -3.49. The minimum Gasteiger partial charge on any atom is -0.362 e. The molecule has 1 heterocycles. The Balaban J connectivity index is 1.57. The van der Waals surface area contributed by atoms with Crippen LogP contribution in [-0.2, 0) is 16.4 Å². The average molecular weight is 432 g/mol. The summed E-state index contributed by atoms with van der Waals surface area (Å²) in [5.41, 5.74) is 2.01. The number of hydrogen-bond donors (Lipinski definition) is 2. The Labute approximate surface area is 179 Å². The van der Waals surface area contributed by atoms with Crippen molar-refractivity contribution in [1.82, 2.24) is 9.62 Å². The molecule has 2 atom stereocenters. The van der Waals surface area contributed by atoms with Crippen molar-refractivity contribution in [3.05, 3.63) is 60.2 Å². The zero-order valence-electron chi connectivity index (χ0n) is 17.0. The van der Waals surface area contributed by atoms with Gasteiger partial charge in [-0.3, -0.25) is 0 Å². The van der Waals surface area contributed by atoms with E-state index in [1.165, 1.54) is 5.56 Å². The van der Waals surface area contributed by atoms with E-state index in [-0.39, 0.29) is 12.1 Å². The van der Waals surface area contributed by atoms with E-state index >= 15 is 0 Å². The number of hydrogen-bond acceptors (Lipinski definition) is 3. The third-order valence-corrected chi connectivity index (χ3v) is 7.73. The fourth-order valence-electron chi connectivity index (χ4n) is 3.84. The van der Waals surface area contributed by atoms with Crippen molar-refractivity contribution < 1.29 is 8.42 Å². The highest BCUT2D eigenvalue weighted by Gasteiger charge is 2.35. The molecule has 0 spiro atoms. The molecule has 29 heavy (non-hydrogen) atoms. The molecule has 1 fully saturated rings. The van der Waals surface area contributed by atoms with Gasteiger partial charge in [0.05, 0.1) is 4.90 Å². The predicted molar refractivity (Wildman–Crippen MR) is 123 cm³/mol. The molecule has 5 nitrogen and oxygen atoms in total. The van der Waals surface area contributed by atoms with Crippen LogP contribution < -0.4 is 10.6 Å². The molecule has 0 radical (unpaired) electrons. The Hall–Kier alpha value is -1.96. The Morgan fingerprint density at radius 1 is 1.03 bits per heavy atom. The molecule has 0 saturated carbocycles. The number of anilines is 1. The molecule has 3 rings (SSSR count). The Morgan fingerprint density at radius 2 is 1.66 bits per heavy atom. The largest absolute Gasteiger partial charge is 0.362 e. The second-order valence-corrected chi connectivity index (χ2v) is 9.86. The Bertz CT molecular complexity index is 905. The highest BCUT2D eigenvalue weighted by atomic mass is 32.2. The summed E-state index contributed by atoms with van der Waals surface area (Å²) in [4.78, 5) is 0.326. The van der Waals surface area contributed by atoms with E-state index in [1.54, 1.807) is 28.6 Å². The zero-order chi connectivity index (χ0) is 20.9. The quantitative estimate of drug-likeness (QED) is 0.673. The molecule has 0 aliphatic carbocycles. The molecule has 7 heteroatoms. The molecule has 0 aromatic heterocycles. The van der Waals surface area contributed by atoms with Crippen molar-refractivity contribution >= 4 is 33.0 Å². The highest BCUT2D eigenvalue weighted by Crippen LogP contribution is 2.29. The van der Waals surface area contributed by atoms with E-state index < -0.39 is 10.0 Å². The maximum atomic E-state index is 13.1. The van der Waals surface area contributed by atoms with Crippen LogP contribution in [0.3, 0.4) is 0 Å². The zero-order valence-corrected chi connectivity index (χ0v) is 18.6. The number of sulfonamides is 1. The molecule has 0 bridgehead atoms. The topological polar surface area (TPSA) is 61.4 Å². The van der Waals surface area contributed by atoms with Gasteiger partial charge in [0.1, 0.15) is 0 Å². The van der Waals surface area contributed by atoms with Crippen LogP contribution >= 0.6 is 12.2 Å². The monoisotopic (exact) mass is 431 g/mol. The van der Waals surface area contributed by atoms with Crippen LogP contribution in [-0.4, -0.2) is 36.5 Å². The molecule has 2 N–H and O–H groups in total. The van der Waals surface area contributed by atoms with Gasteiger partial charge in [-0.05, 0) is 75.2 Å². The summed E-state index contributed by atoms with van der Waals surface area (Å²) in [6, 6.07) is 17.1. The van der Waals surface area contributed by atoms with Crippen molar-refractivity contribution in [3.8, 4) is 0 Å². The van der Waals surface area contributed by atoms with Gasteiger partial charge in [-0.25, -0.2) is 8.42 Å². The van der Waals surface area contributed by atoms with Crippen molar-refractivity contribution in [2.24, 2.45) is 0 Å². The van der Waals surface area contributed by atoms with Gasteiger partial charge in [-0.15, -0.1) is 0 Å². The SMILES string of the molecule is C[C@H]1CCC[C@H](C)N1S(=O)(=O)c1ccc(NC(=S)NCCc2ccccc2)cc1. The van der Waals surface area contributed by atoms with Gasteiger partial charge >= 0.3 is 0 Å². The van der Waals surface area contributed by atoms with Gasteiger partial charge in [0.2, 0.25) is 10.0 Å². The molecule has 156 valence electrons. The third-order valence-electron chi connectivity index (χ3n) is 5.34. The first-order chi connectivity index (χ1) is 13.9. The van der Waals surface area contributed by atoms with Gasteiger partial charge in [-0.2, -0.15) is 4.31 Å². The number of nitrogens with zero attached hydrogens (tertiary/aromatic N) is 1. The van der Waals surface area contributed by atoms with Crippen LogP contribution in [0.15, 0.2) is 59.5 Å². The van der Waals surface area contributed by atoms with Crippen LogP contribution in [0.25, 0.3) is 0 Å². The van der Waals surface area contributed by atoms with Crippen molar-refractivity contribution in [3.63, 3.8) is 0 Å². The lowest BCUT2D eigenvalue weighted by atomic mass is 10.0. The van der Waals surface area contributed by atoms with E-state index in [0.717, 1.165) is 37.9 Å². The predicted octanol–water partition coefficient (Wildman–Crippen LogP) is 4.17. The van der Waals surface area contributed by atoms with Crippen LogP contribution in [0.4, 0.5) is 5.69 Å². The number of piperidine rings is 1. The summed E-state index contributed by atoms with van der Waals surface area (Å²) in [6.07, 6.45) is 3.77. The normalized spacial score (nSPS) is 20.2. The Kier molecular flexibility index (Phi) is 7.27. The van der Waals surface area contributed by atoms with Gasteiger partial charge in [-0.1, -0.05) is 36.8 Å². The molecule has 0 amide bonds. The first kappa shape index (κ1) is 21.7. The summed E-state index contributed by atoms with van der Waals surface area (Å²) in [7, 11) is -3.49. The number of nitrogens with one attached hydrogen (secondary N) is 2. The summed E-state index contributed by atoms with van der Waals surface area (Å²) >= 11 is 5.34. The fourth-order valence-corrected chi connectivity index (χ4v) is 5.95. The van der Waals surface area contributed by atoms with E-state index in [0.29, 0.717) is 10.0 Å². The number of benzene rings is 2. The van der Waals surface area contributed by atoms with Crippen LogP contribution in [0, 0.1) is 0 Å². The van der Waals surface area contributed by atoms with E-state index in [4.69, 9.17) is 12.2 Å². The first-order valence-electron chi connectivity index (χ1n) is 10.1. The summed E-state index contributed by atoms with van der Waals surface area (Å²) in [6.45, 7) is 4.71. The Morgan fingerprint density at radius 3 is 2.28 bits per heavy atom. The van der Waals surface area contributed by atoms with E-state index in [2.05, 4.69) is 22.8 Å². The lowest BCUT2D eigenvalue weighted by Crippen LogP contribution is -2.47. The minimum absolute atomic E-state index is 0.0305. The van der Waals surface area contributed by atoms with E-state index in [1.807, 2.05) is 32.0 Å². The standard InChI is InChI=1S/C22H29N3O2S2/c1-17-7-6-8-18(2)25(17)29(26,27)21-13-11-20(12-14-21)24-22(28)23-16-15-19-9-4-3-5-10-19/h3-5,9-14,17-18H,6-8,15-16H2,1-2H3,(H2,23,24,28)/t17-,18-/m0/s1. The fraction of sp³-hybridized carbons (Fsp3) is 0.409. The molecular weight excluding hydrogens is 402 g/mol. The molecule has 1 aliphatic heterocycles. The van der Waals surface area contributed by atoms with Gasteiger partial charge in [0, 0.05) is 24.3 Å². The molecular formula is C22H29N3O2S2. The third kappa shape index (κ3) is 5.56. The summed E-state index contributed by atoms with van der Waals surface area (Å²) in [5, 5.41) is 6.82. The van der Waals surface area contributed by atoms with Crippen molar-refractivity contribution in [1.29, 1.82) is 0 Å². The molecule has 0 unspecified atom stereocenters. The van der Waals surface area contributed by atoms with Crippen LogP contribution in [0.5, 0.6) is 0 Å². The number of rotatable bonds is 6. The van der Waals surface area contributed by atoms with Gasteiger partial charge in [0.15, 0.2) is 5.11 Å². The first-order valence-corrected chi connectivity index (χ1v) is 11.9. The van der Waals surface area contributed by atoms with Gasteiger partial charge in [0.25, 0.3) is 0 Å². The lowest BCUT2D eigenvalue weighted by Gasteiger charge is -2.37. The highest BCUT2D eigenvalue weighted by molar-refractivity contribution is 7.89. The molecule has 2 aromatic rings. The van der Waals surface area contributed by atoms with Crippen molar-refractivity contribution in [2.75, 3.05) is 11.9 Å². The molecule has 1 aliphatic rings. The van der Waals surface area contributed by atoms with Crippen molar-refractivity contribution in [2.45, 2.75) is 56.5 Å². The van der Waals surface area contributed by atoms with Crippen LogP contribution in [0.2, 0.25) is 0 Å². The second kappa shape index (κ2) is 9.69. The molecule has 1 saturated heterocycles. The lowest BCUT2D eigenvalue weighted by molar-refractivity contribution is 0.204.